The Bertz CT molecular complexity index is 4130. The van der Waals surface area contributed by atoms with Gasteiger partial charge in [0.2, 0.25) is 0 Å². The fourth-order valence-corrected chi connectivity index (χ4v) is 12.1. The number of nitrogens with zero attached hydrogens (tertiary/aromatic N) is 1. The van der Waals surface area contributed by atoms with E-state index >= 15 is 0 Å². The first kappa shape index (κ1) is 35.8. The number of fused-ring (bicyclic) bond motifs is 20. The van der Waals surface area contributed by atoms with Crippen LogP contribution < -0.4 is 4.90 Å². The molecule has 2 aromatic heterocycles. The highest BCUT2D eigenvalue weighted by atomic mass is 16.3. The van der Waals surface area contributed by atoms with Crippen molar-refractivity contribution >= 4 is 82.5 Å². The highest BCUT2D eigenvalue weighted by molar-refractivity contribution is 6.31. The van der Waals surface area contributed by atoms with Gasteiger partial charge in [0, 0.05) is 32.9 Å². The van der Waals surface area contributed by atoms with E-state index in [0.717, 1.165) is 72.1 Å². The van der Waals surface area contributed by atoms with Crippen LogP contribution in [0.3, 0.4) is 0 Å². The first-order valence-corrected chi connectivity index (χ1v) is 22.7. The molecule has 2 aliphatic carbocycles. The molecule has 13 aromatic rings. The average Bonchev–Trinajstić information content (AvgIpc) is 4.12. The van der Waals surface area contributed by atoms with E-state index in [1.807, 2.05) is 6.07 Å². The van der Waals surface area contributed by atoms with Gasteiger partial charge in [-0.1, -0.05) is 170 Å². The molecule has 66 heavy (non-hydrogen) atoms. The molecule has 0 unspecified atom stereocenters. The zero-order chi connectivity index (χ0) is 43.1. The molecule has 3 heteroatoms. The van der Waals surface area contributed by atoms with Gasteiger partial charge >= 0.3 is 0 Å². The van der Waals surface area contributed by atoms with E-state index in [9.17, 15) is 0 Å². The first-order chi connectivity index (χ1) is 32.8. The Kier molecular flexibility index (Phi) is 7.15. The maximum Gasteiger partial charge on any atom is 0.160 e. The Labute approximate surface area is 380 Å². The average molecular weight is 840 g/mol. The third kappa shape index (κ3) is 4.61. The zero-order valence-corrected chi connectivity index (χ0v) is 35.6. The molecule has 0 saturated carbocycles. The summed E-state index contributed by atoms with van der Waals surface area (Å²) in [5.74, 6) is 0. The summed E-state index contributed by atoms with van der Waals surface area (Å²) in [6.45, 7) is 0. The van der Waals surface area contributed by atoms with Crippen LogP contribution in [0, 0.1) is 0 Å². The van der Waals surface area contributed by atoms with Crippen LogP contribution in [0.5, 0.6) is 0 Å². The van der Waals surface area contributed by atoms with Crippen LogP contribution in [0.25, 0.3) is 98.8 Å². The predicted octanol–water partition coefficient (Wildman–Crippen LogP) is 17.3. The van der Waals surface area contributed by atoms with Crippen molar-refractivity contribution in [3.8, 4) is 33.4 Å². The van der Waals surface area contributed by atoms with Gasteiger partial charge in [-0.05, 0) is 132 Å². The molecule has 0 amide bonds. The molecule has 0 N–H and O–H groups in total. The number of furan rings is 2. The van der Waals surface area contributed by atoms with Gasteiger partial charge in [0.15, 0.2) is 5.58 Å². The minimum absolute atomic E-state index is 0.485. The van der Waals surface area contributed by atoms with Crippen LogP contribution in [0.1, 0.15) is 22.3 Å². The van der Waals surface area contributed by atoms with Gasteiger partial charge < -0.3 is 13.7 Å². The molecule has 1 spiro atoms. The van der Waals surface area contributed by atoms with E-state index in [-0.39, 0.29) is 0 Å². The lowest BCUT2D eigenvalue weighted by molar-refractivity contribution is 0.663. The fourth-order valence-electron chi connectivity index (χ4n) is 12.1. The summed E-state index contributed by atoms with van der Waals surface area (Å²) in [5.41, 5.74) is 18.5. The summed E-state index contributed by atoms with van der Waals surface area (Å²) in [6.07, 6.45) is 0. The Hall–Kier alpha value is -8.66. The van der Waals surface area contributed by atoms with Crippen LogP contribution in [0.2, 0.25) is 0 Å². The number of hydrogen-bond acceptors (Lipinski definition) is 3. The van der Waals surface area contributed by atoms with Crippen molar-refractivity contribution in [3.63, 3.8) is 0 Å². The molecule has 15 rings (SSSR count). The lowest BCUT2D eigenvalue weighted by Gasteiger charge is -2.32. The van der Waals surface area contributed by atoms with E-state index in [4.69, 9.17) is 8.83 Å². The Morgan fingerprint density at radius 1 is 0.303 bits per heavy atom. The molecule has 3 nitrogen and oxygen atoms in total. The van der Waals surface area contributed by atoms with E-state index < -0.39 is 5.41 Å². The highest BCUT2D eigenvalue weighted by Crippen LogP contribution is 2.63. The summed E-state index contributed by atoms with van der Waals surface area (Å²) in [6, 6.07) is 81.9. The maximum atomic E-state index is 7.34. The molecule has 0 atom stereocenters. The van der Waals surface area contributed by atoms with Gasteiger partial charge in [0.05, 0.1) is 11.1 Å². The van der Waals surface area contributed by atoms with E-state index in [2.05, 4.69) is 223 Å². The Morgan fingerprint density at radius 2 is 0.864 bits per heavy atom. The van der Waals surface area contributed by atoms with Crippen molar-refractivity contribution in [2.75, 3.05) is 4.90 Å². The zero-order valence-electron chi connectivity index (χ0n) is 35.6. The van der Waals surface area contributed by atoms with Gasteiger partial charge in [-0.3, -0.25) is 0 Å². The second-order valence-corrected chi connectivity index (χ2v) is 17.8. The largest absolute Gasteiger partial charge is 0.456 e. The molecule has 0 saturated heterocycles. The Morgan fingerprint density at radius 3 is 1.59 bits per heavy atom. The molecule has 2 aliphatic rings. The van der Waals surface area contributed by atoms with Crippen molar-refractivity contribution in [1.82, 2.24) is 0 Å². The van der Waals surface area contributed by atoms with E-state index in [1.54, 1.807) is 0 Å². The van der Waals surface area contributed by atoms with Crippen molar-refractivity contribution in [2.45, 2.75) is 5.41 Å². The molecule has 0 fully saturated rings. The third-order valence-electron chi connectivity index (χ3n) is 14.7. The van der Waals surface area contributed by atoms with Gasteiger partial charge in [-0.2, -0.15) is 0 Å². The number of anilines is 3. The number of benzene rings is 11. The smallest absolute Gasteiger partial charge is 0.160 e. The standard InChI is InChI=1S/C63H37NO2/c1-2-17-39(18-3-1)64(40-30-31-47-46-24-10-14-28-53(46)63(54(47)37-40)51-26-12-8-22-44(51)45-23-9-13-27-52(45)63)55-33-32-48(50-36-38-16-4-5-19-41(38)42-20-6-7-21-43(42)50)60-61-58(66-62(55)60)35-34-57-59(61)49-25-11-15-29-56(49)65-57/h1-37H. The van der Waals surface area contributed by atoms with Crippen LogP contribution in [0.4, 0.5) is 17.1 Å². The summed E-state index contributed by atoms with van der Waals surface area (Å²) in [4.78, 5) is 2.40. The van der Waals surface area contributed by atoms with Crippen molar-refractivity contribution in [1.29, 1.82) is 0 Å². The predicted molar refractivity (Wildman–Crippen MR) is 272 cm³/mol. The van der Waals surface area contributed by atoms with Gasteiger partial charge in [0.25, 0.3) is 0 Å². The van der Waals surface area contributed by atoms with E-state index in [1.165, 1.54) is 66.1 Å². The molecule has 0 aliphatic heterocycles. The maximum absolute atomic E-state index is 7.34. The molecule has 0 radical (unpaired) electrons. The molecular formula is C63H37NO2. The minimum atomic E-state index is -0.485. The van der Waals surface area contributed by atoms with Gasteiger partial charge in [0.1, 0.15) is 16.7 Å². The van der Waals surface area contributed by atoms with E-state index in [0.29, 0.717) is 0 Å². The van der Waals surface area contributed by atoms with Gasteiger partial charge in [-0.15, -0.1) is 0 Å². The highest BCUT2D eigenvalue weighted by Gasteiger charge is 2.51. The third-order valence-corrected chi connectivity index (χ3v) is 14.7. The number of para-hydroxylation sites is 2. The fraction of sp³-hybridized carbons (Fsp3) is 0.0159. The summed E-state index contributed by atoms with van der Waals surface area (Å²) >= 11 is 0. The van der Waals surface area contributed by atoms with Crippen LogP contribution in [0.15, 0.2) is 233 Å². The van der Waals surface area contributed by atoms with Crippen LogP contribution in [-0.2, 0) is 5.41 Å². The van der Waals surface area contributed by atoms with Crippen molar-refractivity contribution in [2.24, 2.45) is 0 Å². The normalized spacial score (nSPS) is 13.3. The second-order valence-electron chi connectivity index (χ2n) is 17.8. The Balaban J connectivity index is 1.06. The van der Waals surface area contributed by atoms with Crippen molar-refractivity contribution < 1.29 is 8.83 Å². The summed E-state index contributed by atoms with van der Waals surface area (Å²) in [5, 5.41) is 9.11. The lowest BCUT2D eigenvalue weighted by atomic mass is 9.70. The molecular weight excluding hydrogens is 803 g/mol. The number of hydrogen-bond donors (Lipinski definition) is 0. The monoisotopic (exact) mass is 839 g/mol. The molecule has 11 aromatic carbocycles. The van der Waals surface area contributed by atoms with Crippen LogP contribution >= 0.6 is 0 Å². The topological polar surface area (TPSA) is 29.5 Å². The molecule has 2 heterocycles. The molecule has 0 bridgehead atoms. The minimum Gasteiger partial charge on any atom is -0.456 e. The van der Waals surface area contributed by atoms with Gasteiger partial charge in [-0.25, -0.2) is 0 Å². The van der Waals surface area contributed by atoms with Crippen molar-refractivity contribution in [3.05, 3.63) is 247 Å². The number of rotatable bonds is 4. The summed E-state index contributed by atoms with van der Waals surface area (Å²) < 4.78 is 13.9. The first-order valence-electron chi connectivity index (χ1n) is 22.7. The molecule has 306 valence electrons. The SMILES string of the molecule is c1ccc(N(c2ccc3c(c2)C2(c4ccccc4-c4ccccc42)c2ccccc2-3)c2ccc(-c3cc4ccccc4c4ccccc34)c3c2oc2ccc4oc5ccccc5c4c23)cc1. The van der Waals surface area contributed by atoms with Crippen LogP contribution in [-0.4, -0.2) is 0 Å². The quantitative estimate of drug-likeness (QED) is 0.165. The second kappa shape index (κ2) is 13.2. The summed E-state index contributed by atoms with van der Waals surface area (Å²) in [7, 11) is 0. The lowest BCUT2D eigenvalue weighted by Crippen LogP contribution is -2.26.